The van der Waals surface area contributed by atoms with Crippen molar-refractivity contribution in [2.75, 3.05) is 20.2 Å². The van der Waals surface area contributed by atoms with Gasteiger partial charge in [-0.1, -0.05) is 0 Å². The third kappa shape index (κ3) is 4.57. The van der Waals surface area contributed by atoms with Crippen LogP contribution in [0, 0.1) is 0 Å². The zero-order valence-corrected chi connectivity index (χ0v) is 9.99. The molecule has 0 aromatic carbocycles. The Kier molecular flexibility index (Phi) is 7.23. The molecule has 5 nitrogen and oxygen atoms in total. The van der Waals surface area contributed by atoms with Crippen molar-refractivity contribution in [3.05, 3.63) is 16.1 Å². The Bertz CT molecular complexity index is 306. The summed E-state index contributed by atoms with van der Waals surface area (Å²) in [7, 11) is 1.59. The minimum atomic E-state index is -0.186. The van der Waals surface area contributed by atoms with Crippen LogP contribution >= 0.6 is 23.7 Å². The molecule has 0 aliphatic heterocycles. The van der Waals surface area contributed by atoms with Gasteiger partial charge in [0.15, 0.2) is 0 Å². The minimum Gasteiger partial charge on any atom is -0.378 e. The number of carbonyl (C=O) groups is 1. The smallest absolute Gasteiger partial charge is 0.270 e. The largest absolute Gasteiger partial charge is 0.378 e. The molecular formula is C8H14ClN3O2S. The lowest BCUT2D eigenvalue weighted by Gasteiger charge is -1.98. The van der Waals surface area contributed by atoms with E-state index >= 15 is 0 Å². The van der Waals surface area contributed by atoms with Crippen LogP contribution in [-0.2, 0) is 11.3 Å². The number of aromatic nitrogens is 1. The Labute approximate surface area is 98.4 Å². The standard InChI is InChI=1S/C8H13N3O2S.ClH/c1-13-4-7-11-6(5-14-7)8(12)10-3-2-9;/h5H,2-4,9H2,1H3,(H,10,12);1H. The van der Waals surface area contributed by atoms with E-state index < -0.39 is 0 Å². The predicted molar refractivity (Wildman–Crippen MR) is 61.5 cm³/mol. The van der Waals surface area contributed by atoms with Gasteiger partial charge in [-0.3, -0.25) is 4.79 Å². The van der Waals surface area contributed by atoms with Crippen LogP contribution in [0.2, 0.25) is 0 Å². The van der Waals surface area contributed by atoms with E-state index in [1.54, 1.807) is 12.5 Å². The maximum Gasteiger partial charge on any atom is 0.270 e. The third-order valence-corrected chi connectivity index (χ3v) is 2.30. The van der Waals surface area contributed by atoms with Crippen LogP contribution in [0.3, 0.4) is 0 Å². The molecule has 0 bridgehead atoms. The number of rotatable bonds is 5. The summed E-state index contributed by atoms with van der Waals surface area (Å²) in [4.78, 5) is 15.5. The summed E-state index contributed by atoms with van der Waals surface area (Å²) in [6.45, 7) is 1.34. The molecule has 1 rings (SSSR count). The summed E-state index contributed by atoms with van der Waals surface area (Å²) in [5, 5.41) is 5.15. The number of hydrogen-bond acceptors (Lipinski definition) is 5. The van der Waals surface area contributed by atoms with Crippen molar-refractivity contribution in [1.29, 1.82) is 0 Å². The van der Waals surface area contributed by atoms with E-state index in [1.807, 2.05) is 0 Å². The first-order valence-electron chi connectivity index (χ1n) is 4.19. The quantitative estimate of drug-likeness (QED) is 0.794. The molecule has 86 valence electrons. The molecule has 0 atom stereocenters. The molecule has 0 unspecified atom stereocenters. The first-order valence-corrected chi connectivity index (χ1v) is 5.07. The van der Waals surface area contributed by atoms with Crippen LogP contribution in [-0.4, -0.2) is 31.1 Å². The number of nitrogens with one attached hydrogen (secondary N) is 1. The topological polar surface area (TPSA) is 77.2 Å². The normalized spacial score (nSPS) is 9.47. The second-order valence-corrected chi connectivity index (χ2v) is 3.55. The van der Waals surface area contributed by atoms with Gasteiger partial charge in [0.2, 0.25) is 0 Å². The second kappa shape index (κ2) is 7.58. The molecule has 0 saturated carbocycles. The number of nitrogens with zero attached hydrogens (tertiary/aromatic N) is 1. The van der Waals surface area contributed by atoms with E-state index in [0.717, 1.165) is 5.01 Å². The maximum atomic E-state index is 11.4. The van der Waals surface area contributed by atoms with Crippen molar-refractivity contribution in [1.82, 2.24) is 10.3 Å². The molecule has 1 aromatic rings. The highest BCUT2D eigenvalue weighted by Crippen LogP contribution is 2.10. The van der Waals surface area contributed by atoms with Crippen LogP contribution in [0.5, 0.6) is 0 Å². The summed E-state index contributed by atoms with van der Waals surface area (Å²) in [5.74, 6) is -0.186. The number of carbonyl (C=O) groups excluding carboxylic acids is 1. The summed E-state index contributed by atoms with van der Waals surface area (Å²) in [6, 6.07) is 0. The van der Waals surface area contributed by atoms with Crippen molar-refractivity contribution < 1.29 is 9.53 Å². The monoisotopic (exact) mass is 251 g/mol. The van der Waals surface area contributed by atoms with Crippen LogP contribution in [0.15, 0.2) is 5.38 Å². The molecule has 1 aromatic heterocycles. The summed E-state index contributed by atoms with van der Waals surface area (Å²) in [6.07, 6.45) is 0. The molecule has 15 heavy (non-hydrogen) atoms. The van der Waals surface area contributed by atoms with Gasteiger partial charge in [0.25, 0.3) is 5.91 Å². The Morgan fingerprint density at radius 3 is 3.07 bits per heavy atom. The van der Waals surface area contributed by atoms with Gasteiger partial charge >= 0.3 is 0 Å². The Balaban J connectivity index is 0.00000196. The van der Waals surface area contributed by atoms with Gasteiger partial charge in [0, 0.05) is 25.6 Å². The van der Waals surface area contributed by atoms with E-state index in [1.165, 1.54) is 11.3 Å². The molecule has 1 heterocycles. The van der Waals surface area contributed by atoms with E-state index in [-0.39, 0.29) is 18.3 Å². The number of thiazole rings is 1. The van der Waals surface area contributed by atoms with Gasteiger partial charge in [-0.2, -0.15) is 0 Å². The first kappa shape index (κ1) is 14.3. The number of ether oxygens (including phenoxy) is 1. The SMILES string of the molecule is COCc1nc(C(=O)NCCN)cs1.Cl. The summed E-state index contributed by atoms with van der Waals surface area (Å²) in [5.41, 5.74) is 5.68. The van der Waals surface area contributed by atoms with Gasteiger partial charge in [0.05, 0.1) is 6.61 Å². The van der Waals surface area contributed by atoms with Crippen LogP contribution in [0.25, 0.3) is 0 Å². The van der Waals surface area contributed by atoms with Gasteiger partial charge in [-0.15, -0.1) is 23.7 Å². The van der Waals surface area contributed by atoms with Crippen LogP contribution < -0.4 is 11.1 Å². The minimum absolute atomic E-state index is 0. The molecule has 3 N–H and O–H groups in total. The predicted octanol–water partition coefficient (Wildman–Crippen LogP) is 0.400. The molecule has 7 heteroatoms. The zero-order chi connectivity index (χ0) is 10.4. The summed E-state index contributed by atoms with van der Waals surface area (Å²) < 4.78 is 4.90. The van der Waals surface area contributed by atoms with E-state index in [9.17, 15) is 4.79 Å². The van der Waals surface area contributed by atoms with E-state index in [0.29, 0.717) is 25.4 Å². The fourth-order valence-corrected chi connectivity index (χ4v) is 1.63. The highest BCUT2D eigenvalue weighted by atomic mass is 35.5. The Hall–Kier alpha value is -0.690. The maximum absolute atomic E-state index is 11.4. The highest BCUT2D eigenvalue weighted by Gasteiger charge is 2.09. The number of methoxy groups -OCH3 is 1. The van der Waals surface area contributed by atoms with Crippen LogP contribution in [0.4, 0.5) is 0 Å². The fraction of sp³-hybridized carbons (Fsp3) is 0.500. The zero-order valence-electron chi connectivity index (χ0n) is 8.36. The van der Waals surface area contributed by atoms with Gasteiger partial charge in [-0.25, -0.2) is 4.98 Å². The average Bonchev–Trinajstić information content (AvgIpc) is 2.63. The number of amides is 1. The van der Waals surface area contributed by atoms with Crippen molar-refractivity contribution in [3.8, 4) is 0 Å². The molecule has 0 aliphatic carbocycles. The molecular weight excluding hydrogens is 238 g/mol. The summed E-state index contributed by atoms with van der Waals surface area (Å²) >= 11 is 1.41. The number of halogens is 1. The van der Waals surface area contributed by atoms with Crippen molar-refractivity contribution in [2.24, 2.45) is 5.73 Å². The van der Waals surface area contributed by atoms with Crippen molar-refractivity contribution >= 4 is 29.7 Å². The number of hydrogen-bond donors (Lipinski definition) is 2. The molecule has 0 fully saturated rings. The van der Waals surface area contributed by atoms with Gasteiger partial charge < -0.3 is 15.8 Å². The fourth-order valence-electron chi connectivity index (χ4n) is 0.881. The van der Waals surface area contributed by atoms with Crippen molar-refractivity contribution in [3.63, 3.8) is 0 Å². The lowest BCUT2D eigenvalue weighted by atomic mass is 10.4. The Morgan fingerprint density at radius 2 is 2.47 bits per heavy atom. The first-order chi connectivity index (χ1) is 6.77. The van der Waals surface area contributed by atoms with E-state index in [4.69, 9.17) is 10.5 Å². The highest BCUT2D eigenvalue weighted by molar-refractivity contribution is 7.09. The molecule has 0 spiro atoms. The lowest BCUT2D eigenvalue weighted by Crippen LogP contribution is -2.29. The van der Waals surface area contributed by atoms with Crippen LogP contribution in [0.1, 0.15) is 15.5 Å². The van der Waals surface area contributed by atoms with E-state index in [2.05, 4.69) is 10.3 Å². The van der Waals surface area contributed by atoms with Crippen molar-refractivity contribution in [2.45, 2.75) is 6.61 Å². The molecule has 0 saturated heterocycles. The van der Waals surface area contributed by atoms with Gasteiger partial charge in [-0.05, 0) is 0 Å². The lowest BCUT2D eigenvalue weighted by molar-refractivity contribution is 0.0950. The average molecular weight is 252 g/mol. The molecule has 0 radical (unpaired) electrons. The molecule has 0 aliphatic rings. The number of nitrogens with two attached hydrogens (primary N) is 1. The second-order valence-electron chi connectivity index (χ2n) is 2.60. The van der Waals surface area contributed by atoms with Gasteiger partial charge in [0.1, 0.15) is 10.7 Å². The molecule has 1 amide bonds. The third-order valence-electron chi connectivity index (χ3n) is 1.48. The Morgan fingerprint density at radius 1 is 1.73 bits per heavy atom.